The van der Waals surface area contributed by atoms with Crippen molar-refractivity contribution in [3.05, 3.63) is 74.7 Å². The van der Waals surface area contributed by atoms with E-state index in [1.165, 1.54) is 6.07 Å². The van der Waals surface area contributed by atoms with Gasteiger partial charge in [0.25, 0.3) is 5.91 Å². The first kappa shape index (κ1) is 19.8. The van der Waals surface area contributed by atoms with Gasteiger partial charge in [-0.3, -0.25) is 4.79 Å². The van der Waals surface area contributed by atoms with Gasteiger partial charge in [0.1, 0.15) is 11.3 Å². The molecule has 0 saturated heterocycles. The van der Waals surface area contributed by atoms with Crippen LogP contribution in [0.1, 0.15) is 10.4 Å². The van der Waals surface area contributed by atoms with Crippen LogP contribution in [-0.4, -0.2) is 18.0 Å². The van der Waals surface area contributed by atoms with E-state index in [1.807, 2.05) is 18.2 Å². The molecule has 1 N–H and O–H groups in total. The van der Waals surface area contributed by atoms with Crippen LogP contribution in [0.3, 0.4) is 0 Å². The highest BCUT2D eigenvalue weighted by atomic mass is 79.9. The Kier molecular flexibility index (Phi) is 5.50. The van der Waals surface area contributed by atoms with Crippen molar-refractivity contribution >= 4 is 61.8 Å². The Labute approximate surface area is 184 Å². The lowest BCUT2D eigenvalue weighted by atomic mass is 10.2. The van der Waals surface area contributed by atoms with Crippen LogP contribution in [0.5, 0.6) is 5.75 Å². The van der Waals surface area contributed by atoms with Crippen LogP contribution < -0.4 is 10.1 Å². The third-order valence-electron chi connectivity index (χ3n) is 4.23. The Morgan fingerprint density at radius 2 is 1.90 bits per heavy atom. The Morgan fingerprint density at radius 1 is 1.07 bits per heavy atom. The highest BCUT2D eigenvalue weighted by Gasteiger charge is 2.13. The standard InChI is InChI=1S/C21H13BrCl2N2O3/c1-28-18-6-3-12(8-14(18)22)21-26-17-10-13(4-7-19(17)29-21)25-20(27)11-2-5-15(23)16(24)9-11/h2-10H,1H3,(H,25,27). The number of fused-ring (bicyclic) bond motifs is 1. The lowest BCUT2D eigenvalue weighted by Crippen LogP contribution is -2.11. The number of carbonyl (C=O) groups is 1. The molecule has 1 amide bonds. The van der Waals surface area contributed by atoms with E-state index >= 15 is 0 Å². The highest BCUT2D eigenvalue weighted by Crippen LogP contribution is 2.32. The molecule has 0 atom stereocenters. The van der Waals surface area contributed by atoms with Gasteiger partial charge in [-0.2, -0.15) is 0 Å². The van der Waals surface area contributed by atoms with Gasteiger partial charge in [0, 0.05) is 16.8 Å². The van der Waals surface area contributed by atoms with Gasteiger partial charge in [-0.25, -0.2) is 4.98 Å². The summed E-state index contributed by atoms with van der Waals surface area (Å²) in [5, 5.41) is 3.54. The zero-order chi connectivity index (χ0) is 20.5. The number of benzene rings is 3. The molecule has 5 nitrogen and oxygen atoms in total. The molecule has 0 saturated carbocycles. The van der Waals surface area contributed by atoms with Gasteiger partial charge in [0.05, 0.1) is 21.6 Å². The number of aromatic nitrogens is 1. The Bertz CT molecular complexity index is 1240. The van der Waals surface area contributed by atoms with E-state index in [1.54, 1.807) is 37.4 Å². The number of methoxy groups -OCH3 is 1. The van der Waals surface area contributed by atoms with Crippen molar-refractivity contribution < 1.29 is 13.9 Å². The van der Waals surface area contributed by atoms with Crippen molar-refractivity contribution in [1.82, 2.24) is 4.98 Å². The molecule has 0 aliphatic rings. The lowest BCUT2D eigenvalue weighted by Gasteiger charge is -2.06. The first-order valence-electron chi connectivity index (χ1n) is 8.45. The minimum atomic E-state index is -0.300. The topological polar surface area (TPSA) is 64.4 Å². The minimum Gasteiger partial charge on any atom is -0.496 e. The molecule has 0 aliphatic carbocycles. The maximum Gasteiger partial charge on any atom is 0.255 e. The van der Waals surface area contributed by atoms with E-state index in [4.69, 9.17) is 32.4 Å². The molecule has 3 aromatic carbocycles. The van der Waals surface area contributed by atoms with E-state index in [9.17, 15) is 4.79 Å². The van der Waals surface area contributed by atoms with E-state index in [0.717, 1.165) is 15.8 Å². The van der Waals surface area contributed by atoms with E-state index in [-0.39, 0.29) is 5.91 Å². The summed E-state index contributed by atoms with van der Waals surface area (Å²) >= 11 is 15.3. The smallest absolute Gasteiger partial charge is 0.255 e. The molecular weight excluding hydrogens is 479 g/mol. The Morgan fingerprint density at radius 3 is 2.62 bits per heavy atom. The normalized spacial score (nSPS) is 10.9. The van der Waals surface area contributed by atoms with E-state index in [2.05, 4.69) is 26.2 Å². The number of ether oxygens (including phenoxy) is 1. The largest absolute Gasteiger partial charge is 0.496 e. The van der Waals surface area contributed by atoms with Gasteiger partial charge in [0.2, 0.25) is 5.89 Å². The fourth-order valence-electron chi connectivity index (χ4n) is 2.77. The predicted octanol–water partition coefficient (Wildman–Crippen LogP) is 6.83. The fourth-order valence-corrected chi connectivity index (χ4v) is 3.61. The lowest BCUT2D eigenvalue weighted by molar-refractivity contribution is 0.102. The van der Waals surface area contributed by atoms with Crippen LogP contribution in [-0.2, 0) is 0 Å². The monoisotopic (exact) mass is 490 g/mol. The average Bonchev–Trinajstić information content (AvgIpc) is 3.13. The highest BCUT2D eigenvalue weighted by molar-refractivity contribution is 9.10. The molecule has 0 spiro atoms. The number of nitrogens with one attached hydrogen (secondary N) is 1. The summed E-state index contributed by atoms with van der Waals surface area (Å²) in [6.45, 7) is 0. The Balaban J connectivity index is 1.60. The molecule has 1 heterocycles. The van der Waals surface area contributed by atoms with Crippen LogP contribution in [0.2, 0.25) is 10.0 Å². The first-order chi connectivity index (χ1) is 13.9. The summed E-state index contributed by atoms with van der Waals surface area (Å²) in [4.78, 5) is 17.0. The molecule has 0 unspecified atom stereocenters. The zero-order valence-electron chi connectivity index (χ0n) is 15.0. The number of hydrogen-bond acceptors (Lipinski definition) is 4. The number of amides is 1. The summed E-state index contributed by atoms with van der Waals surface area (Å²) in [5.74, 6) is 0.888. The third-order valence-corrected chi connectivity index (χ3v) is 5.58. The quantitative estimate of drug-likeness (QED) is 0.340. The second-order valence-electron chi connectivity index (χ2n) is 6.13. The van der Waals surface area contributed by atoms with Gasteiger partial charge in [-0.15, -0.1) is 0 Å². The molecular formula is C21H13BrCl2N2O3. The van der Waals surface area contributed by atoms with Crippen molar-refractivity contribution in [2.45, 2.75) is 0 Å². The van der Waals surface area contributed by atoms with Crippen LogP contribution in [0, 0.1) is 0 Å². The van der Waals surface area contributed by atoms with Crippen molar-refractivity contribution in [3.8, 4) is 17.2 Å². The first-order valence-corrected chi connectivity index (χ1v) is 10.0. The summed E-state index contributed by atoms with van der Waals surface area (Å²) in [6.07, 6.45) is 0. The fraction of sp³-hybridized carbons (Fsp3) is 0.0476. The summed E-state index contributed by atoms with van der Waals surface area (Å²) in [6, 6.07) is 15.5. The molecule has 8 heteroatoms. The molecule has 29 heavy (non-hydrogen) atoms. The summed E-state index contributed by atoms with van der Waals surface area (Å²) in [5.41, 5.74) is 3.03. The van der Waals surface area contributed by atoms with Crippen LogP contribution in [0.25, 0.3) is 22.6 Å². The molecule has 0 fully saturated rings. The predicted molar refractivity (Wildman–Crippen MR) is 118 cm³/mol. The summed E-state index contributed by atoms with van der Waals surface area (Å²) in [7, 11) is 1.60. The van der Waals surface area contributed by atoms with Gasteiger partial charge in [-0.1, -0.05) is 23.2 Å². The second-order valence-corrected chi connectivity index (χ2v) is 7.80. The van der Waals surface area contributed by atoms with Crippen molar-refractivity contribution in [1.29, 1.82) is 0 Å². The Hall–Kier alpha value is -2.54. The molecule has 4 aromatic rings. The van der Waals surface area contributed by atoms with E-state index < -0.39 is 0 Å². The van der Waals surface area contributed by atoms with Gasteiger partial charge in [-0.05, 0) is 70.5 Å². The van der Waals surface area contributed by atoms with Gasteiger partial charge in [0.15, 0.2) is 5.58 Å². The molecule has 0 aliphatic heterocycles. The maximum atomic E-state index is 12.5. The number of nitrogens with zero attached hydrogens (tertiary/aromatic N) is 1. The van der Waals surface area contributed by atoms with Crippen molar-refractivity contribution in [3.63, 3.8) is 0 Å². The van der Waals surface area contributed by atoms with Gasteiger partial charge < -0.3 is 14.5 Å². The van der Waals surface area contributed by atoms with Crippen LogP contribution >= 0.6 is 39.1 Å². The third kappa shape index (κ3) is 4.10. The summed E-state index contributed by atoms with van der Waals surface area (Å²) < 4.78 is 11.9. The van der Waals surface area contributed by atoms with E-state index in [0.29, 0.717) is 38.3 Å². The SMILES string of the molecule is COc1ccc(-c2nc3cc(NC(=O)c4ccc(Cl)c(Cl)c4)ccc3o2)cc1Br. The second kappa shape index (κ2) is 8.06. The molecule has 1 aromatic heterocycles. The number of oxazole rings is 1. The maximum absolute atomic E-state index is 12.5. The molecule has 0 radical (unpaired) electrons. The van der Waals surface area contributed by atoms with Crippen LogP contribution in [0.15, 0.2) is 63.5 Å². The average molecular weight is 492 g/mol. The van der Waals surface area contributed by atoms with Gasteiger partial charge >= 0.3 is 0 Å². The number of carbonyl (C=O) groups excluding carboxylic acids is 1. The number of rotatable bonds is 4. The number of halogens is 3. The molecule has 4 rings (SSSR count). The number of hydrogen-bond donors (Lipinski definition) is 1. The molecule has 0 bridgehead atoms. The van der Waals surface area contributed by atoms with Crippen molar-refractivity contribution in [2.24, 2.45) is 0 Å². The van der Waals surface area contributed by atoms with Crippen LogP contribution in [0.4, 0.5) is 5.69 Å². The van der Waals surface area contributed by atoms with Crippen molar-refractivity contribution in [2.75, 3.05) is 12.4 Å². The molecule has 146 valence electrons. The minimum absolute atomic E-state index is 0.300. The zero-order valence-corrected chi connectivity index (χ0v) is 18.1. The number of anilines is 1.